The Bertz CT molecular complexity index is 457. The van der Waals surface area contributed by atoms with Crippen molar-refractivity contribution in [3.8, 4) is 0 Å². The van der Waals surface area contributed by atoms with Gasteiger partial charge >= 0.3 is 19.5 Å². The van der Waals surface area contributed by atoms with Crippen LogP contribution in [-0.4, -0.2) is 48.6 Å². The van der Waals surface area contributed by atoms with E-state index in [1.807, 2.05) is 13.8 Å². The number of hydrogen-bond donors (Lipinski definition) is 1. The fraction of sp³-hybridized carbons (Fsp3) is 0.846. The summed E-state index contributed by atoms with van der Waals surface area (Å²) in [6.45, 7) is 7.20. The van der Waals surface area contributed by atoms with E-state index >= 15 is 0 Å². The van der Waals surface area contributed by atoms with Gasteiger partial charge in [-0.3, -0.25) is 18.7 Å². The van der Waals surface area contributed by atoms with Crippen LogP contribution in [0.5, 0.6) is 0 Å². The molecule has 9 heteroatoms. The third-order valence-electron chi connectivity index (χ3n) is 3.56. The molecule has 1 saturated heterocycles. The van der Waals surface area contributed by atoms with Crippen LogP contribution in [0.25, 0.3) is 0 Å². The van der Waals surface area contributed by atoms with Crippen LogP contribution < -0.4 is 0 Å². The number of carbonyl (C=O) groups excluding carboxylic acids is 2. The Morgan fingerprint density at radius 2 is 1.77 bits per heavy atom. The van der Waals surface area contributed by atoms with Crippen LogP contribution in [0.4, 0.5) is 0 Å². The van der Waals surface area contributed by atoms with Crippen molar-refractivity contribution in [1.82, 2.24) is 0 Å². The second-order valence-corrected chi connectivity index (χ2v) is 7.36. The Balaban J connectivity index is 2.91. The maximum atomic E-state index is 11.5. The molecule has 0 aromatic heterocycles. The van der Waals surface area contributed by atoms with Gasteiger partial charge in [-0.05, 0) is 5.92 Å². The predicted molar refractivity (Wildman–Crippen MR) is 76.0 cm³/mol. The second-order valence-electron chi connectivity index (χ2n) is 5.55. The van der Waals surface area contributed by atoms with Gasteiger partial charge < -0.3 is 19.1 Å². The first-order valence-electron chi connectivity index (χ1n) is 6.96. The Morgan fingerprint density at radius 1 is 1.18 bits per heavy atom. The van der Waals surface area contributed by atoms with E-state index in [2.05, 4.69) is 0 Å². The van der Waals surface area contributed by atoms with Gasteiger partial charge in [-0.1, -0.05) is 13.8 Å². The molecule has 22 heavy (non-hydrogen) atoms. The van der Waals surface area contributed by atoms with Gasteiger partial charge in [0.1, 0.15) is 6.61 Å². The molecule has 1 aliphatic heterocycles. The van der Waals surface area contributed by atoms with Crippen molar-refractivity contribution in [2.24, 2.45) is 11.8 Å². The summed E-state index contributed by atoms with van der Waals surface area (Å²) in [4.78, 5) is 31.6. The largest absolute Gasteiger partial charge is 0.463 e. The molecule has 0 saturated carbocycles. The zero-order valence-electron chi connectivity index (χ0n) is 13.3. The topological polar surface area (TPSA) is 108 Å². The van der Waals surface area contributed by atoms with Crippen molar-refractivity contribution in [1.29, 1.82) is 0 Å². The van der Waals surface area contributed by atoms with E-state index < -0.39 is 38.0 Å². The smallest absolute Gasteiger partial charge is 0.327 e. The zero-order valence-corrected chi connectivity index (χ0v) is 14.2. The molecule has 0 aromatic carbocycles. The maximum Gasteiger partial charge on any atom is 0.327 e. The van der Waals surface area contributed by atoms with Crippen molar-refractivity contribution in [2.75, 3.05) is 13.3 Å². The monoisotopic (exact) mass is 338 g/mol. The Kier molecular flexibility index (Phi) is 6.55. The molecule has 6 atom stereocenters. The molecule has 0 aliphatic carbocycles. The van der Waals surface area contributed by atoms with Crippen molar-refractivity contribution in [3.05, 3.63) is 0 Å². The van der Waals surface area contributed by atoms with Gasteiger partial charge in [0.25, 0.3) is 0 Å². The molecule has 0 aromatic rings. The molecule has 1 heterocycles. The average Bonchev–Trinajstić information content (AvgIpc) is 2.34. The first-order valence-corrected chi connectivity index (χ1v) is 8.98. The van der Waals surface area contributed by atoms with E-state index in [9.17, 15) is 19.0 Å². The summed E-state index contributed by atoms with van der Waals surface area (Å²) in [5.74, 6) is -1.32. The summed E-state index contributed by atoms with van der Waals surface area (Å²) in [5.41, 5.74) is 0. The molecule has 4 unspecified atom stereocenters. The minimum absolute atomic E-state index is 0.00701. The van der Waals surface area contributed by atoms with Gasteiger partial charge in [0.15, 0.2) is 6.10 Å². The molecule has 1 fully saturated rings. The number of esters is 2. The number of rotatable bonds is 5. The van der Waals surface area contributed by atoms with Crippen LogP contribution in [0.1, 0.15) is 27.7 Å². The first-order chi connectivity index (χ1) is 10.0. The van der Waals surface area contributed by atoms with Crippen LogP contribution in [-0.2, 0) is 32.9 Å². The summed E-state index contributed by atoms with van der Waals surface area (Å²) in [7, 11) is -3.85. The summed E-state index contributed by atoms with van der Waals surface area (Å²) in [6, 6.07) is 0. The second kappa shape index (κ2) is 7.55. The van der Waals surface area contributed by atoms with Crippen LogP contribution in [0, 0.1) is 11.8 Å². The maximum absolute atomic E-state index is 11.5. The van der Waals surface area contributed by atoms with Crippen molar-refractivity contribution in [2.45, 2.75) is 46.2 Å². The number of carbonyl (C=O) groups is 2. The molecule has 0 bridgehead atoms. The molecular formula is C13H23O8P. The van der Waals surface area contributed by atoms with E-state index in [0.717, 1.165) is 6.66 Å². The molecular weight excluding hydrogens is 315 g/mol. The highest BCUT2D eigenvalue weighted by Crippen LogP contribution is 2.43. The van der Waals surface area contributed by atoms with E-state index in [0.29, 0.717) is 0 Å². The van der Waals surface area contributed by atoms with Gasteiger partial charge in [0, 0.05) is 26.4 Å². The quantitative estimate of drug-likeness (QED) is 0.590. The molecule has 0 amide bonds. The normalized spacial score (nSPS) is 34.5. The van der Waals surface area contributed by atoms with Gasteiger partial charge in [0.05, 0.1) is 6.10 Å². The molecule has 0 radical (unpaired) electrons. The highest BCUT2D eigenvalue weighted by molar-refractivity contribution is 7.51. The minimum Gasteiger partial charge on any atom is -0.463 e. The molecule has 1 rings (SSSR count). The predicted octanol–water partition coefficient (Wildman–Crippen LogP) is 1.31. The first kappa shape index (κ1) is 19.1. The fourth-order valence-corrected chi connectivity index (χ4v) is 2.84. The summed E-state index contributed by atoms with van der Waals surface area (Å²) >= 11 is 0. The Morgan fingerprint density at radius 3 is 2.23 bits per heavy atom. The third kappa shape index (κ3) is 5.68. The van der Waals surface area contributed by atoms with E-state index in [-0.39, 0.29) is 18.4 Å². The SMILES string of the molecule is CC(=O)OCC1OC(OP(C)(=O)O)C(OC(C)=O)[C@@H](C)[C@@H]1C. The highest BCUT2D eigenvalue weighted by Gasteiger charge is 2.46. The standard InChI is InChI=1S/C13H23O8P/c1-7-8(2)12(19-10(4)15)13(21-22(5,16)17)20-11(7)6-18-9(3)14/h7-8,11-13H,6H2,1-5H3,(H,16,17)/t7-,8-,11?,12?,13?/m0/s1. The molecule has 1 aliphatic rings. The number of ether oxygens (including phenoxy) is 3. The van der Waals surface area contributed by atoms with E-state index in [1.54, 1.807) is 0 Å². The molecule has 0 spiro atoms. The average molecular weight is 338 g/mol. The fourth-order valence-electron chi connectivity index (χ4n) is 2.28. The van der Waals surface area contributed by atoms with Gasteiger partial charge in [-0.25, -0.2) is 0 Å². The van der Waals surface area contributed by atoms with Crippen molar-refractivity contribution in [3.63, 3.8) is 0 Å². The van der Waals surface area contributed by atoms with Crippen LogP contribution in [0.15, 0.2) is 0 Å². The zero-order chi connectivity index (χ0) is 17.1. The van der Waals surface area contributed by atoms with Crippen LogP contribution >= 0.6 is 7.60 Å². The van der Waals surface area contributed by atoms with E-state index in [4.69, 9.17) is 18.7 Å². The van der Waals surface area contributed by atoms with Gasteiger partial charge in [-0.15, -0.1) is 0 Å². The minimum atomic E-state index is -3.85. The lowest BCUT2D eigenvalue weighted by atomic mass is 9.83. The Labute approximate surface area is 129 Å². The van der Waals surface area contributed by atoms with Crippen LogP contribution in [0.3, 0.4) is 0 Å². The molecule has 128 valence electrons. The van der Waals surface area contributed by atoms with E-state index in [1.165, 1.54) is 13.8 Å². The summed E-state index contributed by atoms with van der Waals surface area (Å²) < 4.78 is 32.2. The Hall–Kier alpha value is -0.950. The lowest BCUT2D eigenvalue weighted by molar-refractivity contribution is -0.254. The molecule has 1 N–H and O–H groups in total. The van der Waals surface area contributed by atoms with Gasteiger partial charge in [0.2, 0.25) is 6.29 Å². The van der Waals surface area contributed by atoms with Crippen molar-refractivity contribution >= 4 is 19.5 Å². The van der Waals surface area contributed by atoms with Gasteiger partial charge in [-0.2, -0.15) is 0 Å². The third-order valence-corrected chi connectivity index (χ3v) is 4.16. The summed E-state index contributed by atoms with van der Waals surface area (Å²) in [5, 5.41) is 0. The van der Waals surface area contributed by atoms with Crippen molar-refractivity contribution < 1.29 is 37.8 Å². The molecule has 8 nitrogen and oxygen atoms in total. The van der Waals surface area contributed by atoms with Crippen LogP contribution in [0.2, 0.25) is 0 Å². The lowest BCUT2D eigenvalue weighted by Crippen LogP contribution is -2.53. The highest BCUT2D eigenvalue weighted by atomic mass is 31.2. The number of hydrogen-bond acceptors (Lipinski definition) is 7. The summed E-state index contributed by atoms with van der Waals surface area (Å²) in [6.07, 6.45) is -2.54. The lowest BCUT2D eigenvalue weighted by Gasteiger charge is -2.43.